The predicted octanol–water partition coefficient (Wildman–Crippen LogP) is 2.50. The Kier molecular flexibility index (Phi) is 3.18. The number of hydrogen-bond acceptors (Lipinski definition) is 4. The van der Waals surface area contributed by atoms with Crippen LogP contribution in [0.3, 0.4) is 0 Å². The number of anilines is 1. The molecule has 18 heavy (non-hydrogen) atoms. The van der Waals surface area contributed by atoms with E-state index in [9.17, 15) is 14.9 Å². The van der Waals surface area contributed by atoms with Gasteiger partial charge in [-0.2, -0.15) is 0 Å². The molecule has 0 radical (unpaired) electrons. The van der Waals surface area contributed by atoms with Crippen LogP contribution in [0.4, 0.5) is 11.4 Å². The number of para-hydroxylation sites is 1. The van der Waals surface area contributed by atoms with E-state index in [-0.39, 0.29) is 23.0 Å². The number of benzene rings is 1. The molecular formula is C12H14N2O4. The summed E-state index contributed by atoms with van der Waals surface area (Å²) >= 11 is 0. The summed E-state index contributed by atoms with van der Waals surface area (Å²) in [5.74, 6) is -0.679. The standard InChI is InChI=1S/C12H14N2O4/c1-2-7-6-9(7)13-11-8(12(15)16)4-3-5-10(11)14(17)18/h3-5,7,9,13H,2,6H2,1H3,(H,15,16). The summed E-state index contributed by atoms with van der Waals surface area (Å²) < 4.78 is 0. The Labute approximate surface area is 104 Å². The van der Waals surface area contributed by atoms with Crippen molar-refractivity contribution in [2.24, 2.45) is 5.92 Å². The highest BCUT2D eigenvalue weighted by molar-refractivity contribution is 5.97. The van der Waals surface area contributed by atoms with Gasteiger partial charge in [-0.3, -0.25) is 10.1 Å². The summed E-state index contributed by atoms with van der Waals surface area (Å²) in [5.41, 5.74) is -0.112. The van der Waals surface area contributed by atoms with Crippen molar-refractivity contribution in [3.05, 3.63) is 33.9 Å². The highest BCUT2D eigenvalue weighted by Gasteiger charge is 2.37. The minimum absolute atomic E-state index is 0.0500. The second-order valence-corrected chi connectivity index (χ2v) is 4.42. The van der Waals surface area contributed by atoms with Gasteiger partial charge < -0.3 is 10.4 Å². The summed E-state index contributed by atoms with van der Waals surface area (Å²) in [6.45, 7) is 2.05. The topological polar surface area (TPSA) is 92.5 Å². The van der Waals surface area contributed by atoms with E-state index in [2.05, 4.69) is 5.32 Å². The molecule has 96 valence electrons. The first-order valence-corrected chi connectivity index (χ1v) is 5.81. The number of nitrogens with one attached hydrogen (secondary N) is 1. The van der Waals surface area contributed by atoms with Crippen LogP contribution in [-0.4, -0.2) is 22.0 Å². The molecule has 1 aromatic rings. The minimum Gasteiger partial charge on any atom is -0.478 e. The Balaban J connectivity index is 2.35. The number of nitro benzene ring substituents is 1. The maximum Gasteiger partial charge on any atom is 0.338 e. The summed E-state index contributed by atoms with van der Waals surface area (Å²) in [6, 6.07) is 4.23. The fourth-order valence-electron chi connectivity index (χ4n) is 2.08. The molecule has 1 aromatic carbocycles. The summed E-state index contributed by atoms with van der Waals surface area (Å²) in [6.07, 6.45) is 1.92. The predicted molar refractivity (Wildman–Crippen MR) is 65.9 cm³/mol. The highest BCUT2D eigenvalue weighted by atomic mass is 16.6. The summed E-state index contributed by atoms with van der Waals surface area (Å²) in [4.78, 5) is 21.5. The zero-order chi connectivity index (χ0) is 13.3. The van der Waals surface area contributed by atoms with E-state index < -0.39 is 10.9 Å². The van der Waals surface area contributed by atoms with Gasteiger partial charge in [-0.15, -0.1) is 0 Å². The third kappa shape index (κ3) is 2.27. The molecule has 0 bridgehead atoms. The fraction of sp³-hybridized carbons (Fsp3) is 0.417. The van der Waals surface area contributed by atoms with E-state index in [1.807, 2.05) is 6.92 Å². The monoisotopic (exact) mass is 250 g/mol. The molecule has 0 saturated heterocycles. The largest absolute Gasteiger partial charge is 0.478 e. The van der Waals surface area contributed by atoms with Gasteiger partial charge in [-0.05, 0) is 18.4 Å². The van der Waals surface area contributed by atoms with Gasteiger partial charge >= 0.3 is 5.97 Å². The van der Waals surface area contributed by atoms with Crippen LogP contribution in [0.2, 0.25) is 0 Å². The summed E-state index contributed by atoms with van der Waals surface area (Å²) in [7, 11) is 0. The molecule has 1 aliphatic carbocycles. The molecular weight excluding hydrogens is 236 g/mol. The van der Waals surface area contributed by atoms with E-state index in [4.69, 9.17) is 5.11 Å². The number of hydrogen-bond donors (Lipinski definition) is 2. The van der Waals surface area contributed by atoms with Crippen LogP contribution in [0.5, 0.6) is 0 Å². The number of nitro groups is 1. The molecule has 0 spiro atoms. The van der Waals surface area contributed by atoms with Crippen LogP contribution < -0.4 is 5.32 Å². The van der Waals surface area contributed by atoms with Gasteiger partial charge in [0.2, 0.25) is 0 Å². The molecule has 0 heterocycles. The molecule has 1 fully saturated rings. The SMILES string of the molecule is CCC1CC1Nc1c(C(=O)O)cccc1[N+](=O)[O-]. The second-order valence-electron chi connectivity index (χ2n) is 4.42. The van der Waals surface area contributed by atoms with Crippen molar-refractivity contribution in [2.45, 2.75) is 25.8 Å². The second kappa shape index (κ2) is 4.64. The molecule has 0 aliphatic heterocycles. The number of carbonyl (C=O) groups is 1. The number of rotatable bonds is 5. The van der Waals surface area contributed by atoms with Crippen molar-refractivity contribution < 1.29 is 14.8 Å². The number of nitrogens with zero attached hydrogens (tertiary/aromatic N) is 1. The van der Waals surface area contributed by atoms with Crippen LogP contribution in [-0.2, 0) is 0 Å². The number of carboxylic acid groups (broad SMARTS) is 1. The van der Waals surface area contributed by atoms with Crippen LogP contribution in [0.1, 0.15) is 30.1 Å². The lowest BCUT2D eigenvalue weighted by Gasteiger charge is -2.09. The Morgan fingerprint density at radius 3 is 2.83 bits per heavy atom. The lowest BCUT2D eigenvalue weighted by Crippen LogP contribution is -2.11. The average Bonchev–Trinajstić information content (AvgIpc) is 3.07. The molecule has 1 aliphatic rings. The maximum absolute atomic E-state index is 11.1. The third-order valence-electron chi connectivity index (χ3n) is 3.25. The fourth-order valence-corrected chi connectivity index (χ4v) is 2.08. The van der Waals surface area contributed by atoms with Crippen molar-refractivity contribution in [2.75, 3.05) is 5.32 Å². The van der Waals surface area contributed by atoms with Gasteiger partial charge in [0.05, 0.1) is 10.5 Å². The Hall–Kier alpha value is -2.11. The molecule has 2 rings (SSSR count). The number of aromatic carboxylic acids is 1. The summed E-state index contributed by atoms with van der Waals surface area (Å²) in [5, 5.41) is 23.0. The van der Waals surface area contributed by atoms with Crippen LogP contribution in [0.25, 0.3) is 0 Å². The smallest absolute Gasteiger partial charge is 0.338 e. The van der Waals surface area contributed by atoms with E-state index >= 15 is 0 Å². The van der Waals surface area contributed by atoms with Crippen molar-refractivity contribution in [1.29, 1.82) is 0 Å². The zero-order valence-corrected chi connectivity index (χ0v) is 9.92. The average molecular weight is 250 g/mol. The van der Waals surface area contributed by atoms with Gasteiger partial charge in [0.25, 0.3) is 5.69 Å². The van der Waals surface area contributed by atoms with Gasteiger partial charge in [0.1, 0.15) is 5.69 Å². The quantitative estimate of drug-likeness (QED) is 0.618. The van der Waals surface area contributed by atoms with Crippen LogP contribution in [0.15, 0.2) is 18.2 Å². The van der Waals surface area contributed by atoms with Crippen LogP contribution >= 0.6 is 0 Å². The zero-order valence-electron chi connectivity index (χ0n) is 9.92. The molecule has 2 N–H and O–H groups in total. The highest BCUT2D eigenvalue weighted by Crippen LogP contribution is 2.39. The van der Waals surface area contributed by atoms with Crippen molar-refractivity contribution in [3.63, 3.8) is 0 Å². The molecule has 2 unspecified atom stereocenters. The normalized spacial score (nSPS) is 21.4. The molecule has 6 heteroatoms. The van der Waals surface area contributed by atoms with Gasteiger partial charge in [-0.25, -0.2) is 4.79 Å². The third-order valence-corrected chi connectivity index (χ3v) is 3.25. The van der Waals surface area contributed by atoms with E-state index in [1.165, 1.54) is 18.2 Å². The first-order chi connectivity index (χ1) is 8.54. The maximum atomic E-state index is 11.1. The molecule has 0 amide bonds. The Bertz CT molecular complexity index is 469. The van der Waals surface area contributed by atoms with E-state index in [0.29, 0.717) is 5.92 Å². The van der Waals surface area contributed by atoms with Gasteiger partial charge in [-0.1, -0.05) is 19.4 Å². The van der Waals surface area contributed by atoms with E-state index in [1.54, 1.807) is 0 Å². The van der Waals surface area contributed by atoms with Crippen molar-refractivity contribution in [3.8, 4) is 0 Å². The Morgan fingerprint density at radius 2 is 2.33 bits per heavy atom. The van der Waals surface area contributed by atoms with Gasteiger partial charge in [0.15, 0.2) is 0 Å². The van der Waals surface area contributed by atoms with Crippen molar-refractivity contribution >= 4 is 17.3 Å². The molecule has 1 saturated carbocycles. The minimum atomic E-state index is -1.16. The lowest BCUT2D eigenvalue weighted by atomic mass is 10.1. The van der Waals surface area contributed by atoms with E-state index in [0.717, 1.165) is 12.8 Å². The Morgan fingerprint density at radius 1 is 1.61 bits per heavy atom. The molecule has 2 atom stereocenters. The number of carboxylic acids is 1. The molecule has 6 nitrogen and oxygen atoms in total. The first-order valence-electron chi connectivity index (χ1n) is 5.81. The molecule has 0 aromatic heterocycles. The van der Waals surface area contributed by atoms with Crippen molar-refractivity contribution in [1.82, 2.24) is 0 Å². The van der Waals surface area contributed by atoms with Gasteiger partial charge in [0, 0.05) is 12.1 Å². The van der Waals surface area contributed by atoms with Crippen LogP contribution in [0, 0.1) is 16.0 Å². The lowest BCUT2D eigenvalue weighted by molar-refractivity contribution is -0.384. The first kappa shape index (κ1) is 12.3.